The average Bonchev–Trinajstić information content (AvgIpc) is 2.75. The molecule has 96 valence electrons. The standard InChI is InChI=1S/C11H21N5O/c1-4-12-7-10-13-14-11(17-10)16-6-5-15(3)8-9(16)2/h9,12H,4-8H2,1-3H3. The predicted octanol–water partition coefficient (Wildman–Crippen LogP) is 0.319. The van der Waals surface area contributed by atoms with Gasteiger partial charge in [0, 0.05) is 25.7 Å². The minimum atomic E-state index is 0.418. The van der Waals surface area contributed by atoms with E-state index >= 15 is 0 Å². The van der Waals surface area contributed by atoms with Crippen molar-refractivity contribution >= 4 is 6.01 Å². The summed E-state index contributed by atoms with van der Waals surface area (Å²) in [6, 6.07) is 1.07. The number of nitrogens with zero attached hydrogens (tertiary/aromatic N) is 4. The van der Waals surface area contributed by atoms with E-state index in [4.69, 9.17) is 4.42 Å². The molecule has 1 aromatic heterocycles. The lowest BCUT2D eigenvalue weighted by Gasteiger charge is -2.36. The van der Waals surface area contributed by atoms with Gasteiger partial charge in [-0.05, 0) is 20.5 Å². The molecule has 1 N–H and O–H groups in total. The molecule has 0 amide bonds. The van der Waals surface area contributed by atoms with E-state index in [1.165, 1.54) is 0 Å². The summed E-state index contributed by atoms with van der Waals surface area (Å²) < 4.78 is 5.65. The molecule has 2 heterocycles. The van der Waals surface area contributed by atoms with Crippen LogP contribution in [0.5, 0.6) is 0 Å². The lowest BCUT2D eigenvalue weighted by Crippen LogP contribution is -2.50. The van der Waals surface area contributed by atoms with Crippen molar-refractivity contribution in [2.24, 2.45) is 0 Å². The molecule has 0 aliphatic carbocycles. The molecule has 1 aliphatic rings. The first kappa shape index (κ1) is 12.3. The summed E-state index contributed by atoms with van der Waals surface area (Å²) >= 11 is 0. The van der Waals surface area contributed by atoms with Crippen LogP contribution in [-0.2, 0) is 6.54 Å². The molecule has 0 aromatic carbocycles. The van der Waals surface area contributed by atoms with Crippen molar-refractivity contribution in [3.63, 3.8) is 0 Å². The van der Waals surface area contributed by atoms with Gasteiger partial charge in [-0.25, -0.2) is 0 Å². The third-order valence-electron chi connectivity index (χ3n) is 3.06. The summed E-state index contributed by atoms with van der Waals surface area (Å²) in [5.74, 6) is 0.660. The van der Waals surface area contributed by atoms with Crippen LogP contribution in [0.1, 0.15) is 19.7 Å². The molecule has 6 nitrogen and oxygen atoms in total. The second kappa shape index (κ2) is 5.46. The number of hydrogen-bond acceptors (Lipinski definition) is 6. The normalized spacial score (nSPS) is 22.1. The van der Waals surface area contributed by atoms with Gasteiger partial charge < -0.3 is 19.5 Å². The SMILES string of the molecule is CCNCc1nnc(N2CCN(C)CC2C)o1. The number of likely N-dealkylation sites (N-methyl/N-ethyl adjacent to an activating group) is 1. The molecule has 0 spiro atoms. The molecule has 1 aliphatic heterocycles. The van der Waals surface area contributed by atoms with E-state index < -0.39 is 0 Å². The molecular formula is C11H21N5O. The summed E-state index contributed by atoms with van der Waals surface area (Å²) in [5, 5.41) is 11.3. The number of nitrogens with one attached hydrogen (secondary N) is 1. The molecule has 0 bridgehead atoms. The van der Waals surface area contributed by atoms with Crippen LogP contribution in [0.3, 0.4) is 0 Å². The summed E-state index contributed by atoms with van der Waals surface area (Å²) in [4.78, 5) is 4.50. The van der Waals surface area contributed by atoms with E-state index in [0.717, 1.165) is 26.2 Å². The fourth-order valence-electron chi connectivity index (χ4n) is 2.09. The Kier molecular flexibility index (Phi) is 3.96. The van der Waals surface area contributed by atoms with E-state index in [1.54, 1.807) is 0 Å². The van der Waals surface area contributed by atoms with Crippen molar-refractivity contribution in [1.82, 2.24) is 20.4 Å². The highest BCUT2D eigenvalue weighted by atomic mass is 16.4. The average molecular weight is 239 g/mol. The van der Waals surface area contributed by atoms with Gasteiger partial charge in [0.25, 0.3) is 0 Å². The van der Waals surface area contributed by atoms with E-state index in [2.05, 4.69) is 46.2 Å². The first-order valence-corrected chi connectivity index (χ1v) is 6.19. The predicted molar refractivity (Wildman–Crippen MR) is 66.0 cm³/mol. The van der Waals surface area contributed by atoms with Gasteiger partial charge in [-0.15, -0.1) is 5.10 Å². The minimum absolute atomic E-state index is 0.418. The number of aromatic nitrogens is 2. The maximum absolute atomic E-state index is 5.65. The van der Waals surface area contributed by atoms with Gasteiger partial charge >= 0.3 is 6.01 Å². The Morgan fingerprint density at radius 1 is 1.41 bits per heavy atom. The van der Waals surface area contributed by atoms with Gasteiger partial charge in [0.2, 0.25) is 5.89 Å². The monoisotopic (exact) mass is 239 g/mol. The summed E-state index contributed by atoms with van der Waals surface area (Å²) in [7, 11) is 2.14. The van der Waals surface area contributed by atoms with Gasteiger partial charge in [0.05, 0.1) is 6.54 Å². The fourth-order valence-corrected chi connectivity index (χ4v) is 2.09. The van der Waals surface area contributed by atoms with Gasteiger partial charge in [-0.2, -0.15) is 0 Å². The Morgan fingerprint density at radius 2 is 2.24 bits per heavy atom. The van der Waals surface area contributed by atoms with Crippen molar-refractivity contribution in [2.75, 3.05) is 38.1 Å². The molecule has 0 radical (unpaired) electrons. The second-order valence-corrected chi connectivity index (χ2v) is 4.56. The molecule has 1 fully saturated rings. The quantitative estimate of drug-likeness (QED) is 0.816. The van der Waals surface area contributed by atoms with Crippen LogP contribution in [0.25, 0.3) is 0 Å². The van der Waals surface area contributed by atoms with Crippen molar-refractivity contribution in [3.8, 4) is 0 Å². The Labute approximate surface area is 102 Å². The van der Waals surface area contributed by atoms with Crippen LogP contribution in [0, 0.1) is 0 Å². The lowest BCUT2D eigenvalue weighted by molar-refractivity contribution is 0.266. The van der Waals surface area contributed by atoms with Crippen molar-refractivity contribution < 1.29 is 4.42 Å². The van der Waals surface area contributed by atoms with E-state index in [9.17, 15) is 0 Å². The maximum Gasteiger partial charge on any atom is 0.318 e. The van der Waals surface area contributed by atoms with Gasteiger partial charge in [-0.3, -0.25) is 0 Å². The largest absolute Gasteiger partial charge is 0.407 e. The zero-order chi connectivity index (χ0) is 12.3. The highest BCUT2D eigenvalue weighted by Crippen LogP contribution is 2.18. The number of anilines is 1. The van der Waals surface area contributed by atoms with Crippen molar-refractivity contribution in [2.45, 2.75) is 26.4 Å². The Bertz CT molecular complexity index is 353. The van der Waals surface area contributed by atoms with Crippen LogP contribution in [0.2, 0.25) is 0 Å². The molecule has 6 heteroatoms. The summed E-state index contributed by atoms with van der Waals surface area (Å²) in [6.45, 7) is 8.80. The Hall–Kier alpha value is -1.14. The minimum Gasteiger partial charge on any atom is -0.407 e. The Morgan fingerprint density at radius 3 is 2.94 bits per heavy atom. The third-order valence-corrected chi connectivity index (χ3v) is 3.06. The molecule has 0 saturated carbocycles. The highest BCUT2D eigenvalue weighted by Gasteiger charge is 2.25. The molecule has 1 unspecified atom stereocenters. The van der Waals surface area contributed by atoms with Crippen LogP contribution in [0.4, 0.5) is 6.01 Å². The van der Waals surface area contributed by atoms with Gasteiger partial charge in [0.1, 0.15) is 0 Å². The van der Waals surface area contributed by atoms with Crippen LogP contribution in [-0.4, -0.2) is 54.4 Å². The number of rotatable bonds is 4. The highest BCUT2D eigenvalue weighted by molar-refractivity contribution is 5.27. The molecule has 1 aromatic rings. The lowest BCUT2D eigenvalue weighted by atomic mass is 10.2. The van der Waals surface area contributed by atoms with Crippen LogP contribution >= 0.6 is 0 Å². The molecular weight excluding hydrogens is 218 g/mol. The molecule has 2 rings (SSSR count). The third kappa shape index (κ3) is 2.95. The number of hydrogen-bond donors (Lipinski definition) is 1. The maximum atomic E-state index is 5.65. The number of piperazine rings is 1. The molecule has 1 atom stereocenters. The fraction of sp³-hybridized carbons (Fsp3) is 0.818. The Balaban J connectivity index is 1.99. The molecule has 17 heavy (non-hydrogen) atoms. The van der Waals surface area contributed by atoms with E-state index in [1.807, 2.05) is 0 Å². The summed E-state index contributed by atoms with van der Waals surface area (Å²) in [5.41, 5.74) is 0. The first-order chi connectivity index (χ1) is 8.20. The topological polar surface area (TPSA) is 57.4 Å². The zero-order valence-electron chi connectivity index (χ0n) is 10.8. The smallest absolute Gasteiger partial charge is 0.318 e. The second-order valence-electron chi connectivity index (χ2n) is 4.56. The van der Waals surface area contributed by atoms with Crippen LogP contribution < -0.4 is 10.2 Å². The summed E-state index contributed by atoms with van der Waals surface area (Å²) in [6.07, 6.45) is 0. The van der Waals surface area contributed by atoms with Crippen molar-refractivity contribution in [3.05, 3.63) is 5.89 Å². The molecule has 1 saturated heterocycles. The van der Waals surface area contributed by atoms with Crippen molar-refractivity contribution in [1.29, 1.82) is 0 Å². The van der Waals surface area contributed by atoms with Crippen LogP contribution in [0.15, 0.2) is 4.42 Å². The first-order valence-electron chi connectivity index (χ1n) is 6.19. The zero-order valence-corrected chi connectivity index (χ0v) is 10.8. The van der Waals surface area contributed by atoms with Gasteiger partial charge in [0.15, 0.2) is 0 Å². The van der Waals surface area contributed by atoms with E-state index in [-0.39, 0.29) is 0 Å². The van der Waals surface area contributed by atoms with Gasteiger partial charge in [-0.1, -0.05) is 12.0 Å². The van der Waals surface area contributed by atoms with E-state index in [0.29, 0.717) is 24.5 Å².